The number of Topliss-reactive ketones (excluding diaryl/α,β-unsaturated/α-hetero) is 1. The normalized spacial score (nSPS) is 10.1. The summed E-state index contributed by atoms with van der Waals surface area (Å²) in [6.07, 6.45) is 3.44. The number of hydrogen-bond acceptors (Lipinski definition) is 3. The molecule has 0 fully saturated rings. The fraction of sp³-hybridized carbons (Fsp3) is 0.154. The Morgan fingerprint density at radius 3 is 2.56 bits per heavy atom. The highest BCUT2D eigenvalue weighted by Gasteiger charge is 2.05. The van der Waals surface area contributed by atoms with Gasteiger partial charge in [0.2, 0.25) is 5.91 Å². The molecule has 1 aromatic carbocycles. The zero-order valence-corrected chi connectivity index (χ0v) is 9.96. The summed E-state index contributed by atoms with van der Waals surface area (Å²) in [5.74, 6) is -0.449. The SMILES string of the molecule is CC(=O)CC(=O)Nc1ccc(-n2cccn2)cc1. The minimum absolute atomic E-state index is 0.0963. The van der Waals surface area contributed by atoms with Crippen LogP contribution in [0.5, 0.6) is 0 Å². The fourth-order valence-electron chi connectivity index (χ4n) is 1.55. The molecule has 0 aliphatic heterocycles. The minimum Gasteiger partial charge on any atom is -0.326 e. The van der Waals surface area contributed by atoms with Crippen molar-refractivity contribution in [1.82, 2.24) is 9.78 Å². The Hall–Kier alpha value is -2.43. The van der Waals surface area contributed by atoms with Crippen LogP contribution >= 0.6 is 0 Å². The van der Waals surface area contributed by atoms with Gasteiger partial charge in [0.15, 0.2) is 0 Å². The highest BCUT2D eigenvalue weighted by molar-refractivity contribution is 6.03. The molecule has 1 amide bonds. The molecule has 0 aliphatic rings. The Balaban J connectivity index is 2.04. The van der Waals surface area contributed by atoms with Crippen molar-refractivity contribution in [3.8, 4) is 5.69 Å². The second-order valence-electron chi connectivity index (χ2n) is 3.92. The number of benzene rings is 1. The lowest BCUT2D eigenvalue weighted by Crippen LogP contribution is -2.14. The molecule has 0 bridgehead atoms. The molecule has 92 valence electrons. The van der Waals surface area contributed by atoms with Crippen LogP contribution in [-0.2, 0) is 9.59 Å². The van der Waals surface area contributed by atoms with E-state index in [1.807, 2.05) is 24.4 Å². The number of carbonyl (C=O) groups excluding carboxylic acids is 2. The van der Waals surface area contributed by atoms with Crippen LogP contribution in [0.4, 0.5) is 5.69 Å². The summed E-state index contributed by atoms with van der Waals surface area (Å²) in [7, 11) is 0. The number of amides is 1. The first-order valence-electron chi connectivity index (χ1n) is 5.54. The Morgan fingerprint density at radius 1 is 1.28 bits per heavy atom. The molecule has 2 aromatic rings. The molecule has 1 N–H and O–H groups in total. The summed E-state index contributed by atoms with van der Waals surface area (Å²) < 4.78 is 1.72. The van der Waals surface area contributed by atoms with Crippen molar-refractivity contribution in [3.63, 3.8) is 0 Å². The lowest BCUT2D eigenvalue weighted by molar-refractivity contribution is -0.124. The van der Waals surface area contributed by atoms with Gasteiger partial charge in [0.1, 0.15) is 5.78 Å². The van der Waals surface area contributed by atoms with Gasteiger partial charge in [-0.05, 0) is 37.3 Å². The molecule has 0 atom stereocenters. The Morgan fingerprint density at radius 2 is 2.00 bits per heavy atom. The van der Waals surface area contributed by atoms with Gasteiger partial charge in [0, 0.05) is 18.1 Å². The molecule has 0 saturated carbocycles. The van der Waals surface area contributed by atoms with E-state index < -0.39 is 0 Å². The van der Waals surface area contributed by atoms with Crippen molar-refractivity contribution in [2.24, 2.45) is 0 Å². The van der Waals surface area contributed by atoms with Gasteiger partial charge in [-0.2, -0.15) is 5.10 Å². The maximum Gasteiger partial charge on any atom is 0.231 e. The minimum atomic E-state index is -0.297. The van der Waals surface area contributed by atoms with Gasteiger partial charge in [-0.15, -0.1) is 0 Å². The van der Waals surface area contributed by atoms with Crippen molar-refractivity contribution < 1.29 is 9.59 Å². The second-order valence-corrected chi connectivity index (χ2v) is 3.92. The number of rotatable bonds is 4. The highest BCUT2D eigenvalue weighted by Crippen LogP contribution is 2.12. The first kappa shape index (κ1) is 12.0. The largest absolute Gasteiger partial charge is 0.326 e. The number of carbonyl (C=O) groups is 2. The fourth-order valence-corrected chi connectivity index (χ4v) is 1.55. The van der Waals surface area contributed by atoms with E-state index in [1.54, 1.807) is 23.0 Å². The van der Waals surface area contributed by atoms with E-state index in [9.17, 15) is 9.59 Å². The Kier molecular flexibility index (Phi) is 3.52. The molecular formula is C13H13N3O2. The Bertz CT molecular complexity index is 544. The third-order valence-electron chi connectivity index (χ3n) is 2.33. The maximum atomic E-state index is 11.4. The molecule has 0 unspecified atom stereocenters. The van der Waals surface area contributed by atoms with Crippen LogP contribution in [0.3, 0.4) is 0 Å². The molecule has 5 heteroatoms. The molecule has 1 aromatic heterocycles. The zero-order chi connectivity index (χ0) is 13.0. The van der Waals surface area contributed by atoms with Crippen molar-refractivity contribution in [1.29, 1.82) is 0 Å². The average Bonchev–Trinajstić information content (AvgIpc) is 2.82. The van der Waals surface area contributed by atoms with Crippen molar-refractivity contribution >= 4 is 17.4 Å². The number of nitrogens with zero attached hydrogens (tertiary/aromatic N) is 2. The standard InChI is InChI=1S/C13H13N3O2/c1-10(17)9-13(18)15-11-3-5-12(6-4-11)16-8-2-7-14-16/h2-8H,9H2,1H3,(H,15,18). The predicted octanol–water partition coefficient (Wildman–Crippen LogP) is 1.79. The third-order valence-corrected chi connectivity index (χ3v) is 2.33. The quantitative estimate of drug-likeness (QED) is 0.832. The van der Waals surface area contributed by atoms with Crippen molar-refractivity contribution in [2.75, 3.05) is 5.32 Å². The summed E-state index contributed by atoms with van der Waals surface area (Å²) in [4.78, 5) is 22.2. The molecule has 5 nitrogen and oxygen atoms in total. The second kappa shape index (κ2) is 5.27. The molecular weight excluding hydrogens is 230 g/mol. The van der Waals surface area contributed by atoms with E-state index in [0.29, 0.717) is 5.69 Å². The van der Waals surface area contributed by atoms with Gasteiger partial charge in [0.25, 0.3) is 0 Å². The number of hydrogen-bond donors (Lipinski definition) is 1. The van der Waals surface area contributed by atoms with Crippen molar-refractivity contribution in [2.45, 2.75) is 13.3 Å². The van der Waals surface area contributed by atoms with Gasteiger partial charge in [-0.3, -0.25) is 9.59 Å². The van der Waals surface area contributed by atoms with E-state index in [2.05, 4.69) is 10.4 Å². The lowest BCUT2D eigenvalue weighted by Gasteiger charge is -2.05. The summed E-state index contributed by atoms with van der Waals surface area (Å²) in [6.45, 7) is 1.39. The van der Waals surface area contributed by atoms with E-state index >= 15 is 0 Å². The van der Waals surface area contributed by atoms with E-state index in [0.717, 1.165) is 5.69 Å². The molecule has 18 heavy (non-hydrogen) atoms. The number of aromatic nitrogens is 2. The molecule has 2 rings (SSSR count). The summed E-state index contributed by atoms with van der Waals surface area (Å²) in [6, 6.07) is 9.07. The van der Waals surface area contributed by atoms with Crippen LogP contribution in [-0.4, -0.2) is 21.5 Å². The van der Waals surface area contributed by atoms with Crippen LogP contribution in [0.1, 0.15) is 13.3 Å². The van der Waals surface area contributed by atoms with Crippen molar-refractivity contribution in [3.05, 3.63) is 42.7 Å². The Labute approximate surface area is 104 Å². The molecule has 0 radical (unpaired) electrons. The maximum absolute atomic E-state index is 11.4. The van der Waals surface area contributed by atoms with E-state index in [-0.39, 0.29) is 18.1 Å². The third kappa shape index (κ3) is 3.04. The van der Waals surface area contributed by atoms with Crippen LogP contribution in [0.15, 0.2) is 42.7 Å². The van der Waals surface area contributed by atoms with Crippen LogP contribution in [0.2, 0.25) is 0 Å². The van der Waals surface area contributed by atoms with Crippen LogP contribution in [0, 0.1) is 0 Å². The smallest absolute Gasteiger partial charge is 0.231 e. The van der Waals surface area contributed by atoms with Gasteiger partial charge >= 0.3 is 0 Å². The topological polar surface area (TPSA) is 64.0 Å². The first-order chi connectivity index (χ1) is 8.65. The van der Waals surface area contributed by atoms with Gasteiger partial charge < -0.3 is 5.32 Å². The summed E-state index contributed by atoms with van der Waals surface area (Å²) in [5.41, 5.74) is 1.57. The van der Waals surface area contributed by atoms with E-state index in [4.69, 9.17) is 0 Å². The number of anilines is 1. The molecule has 0 aliphatic carbocycles. The summed E-state index contributed by atoms with van der Waals surface area (Å²) in [5, 5.41) is 6.76. The number of ketones is 1. The lowest BCUT2D eigenvalue weighted by atomic mass is 10.2. The number of nitrogens with one attached hydrogen (secondary N) is 1. The molecule has 0 saturated heterocycles. The van der Waals surface area contributed by atoms with Crippen LogP contribution in [0.25, 0.3) is 5.69 Å². The molecule has 1 heterocycles. The average molecular weight is 243 g/mol. The van der Waals surface area contributed by atoms with Crippen LogP contribution < -0.4 is 5.32 Å². The van der Waals surface area contributed by atoms with E-state index in [1.165, 1.54) is 6.92 Å². The van der Waals surface area contributed by atoms with Gasteiger partial charge in [-0.1, -0.05) is 0 Å². The highest BCUT2D eigenvalue weighted by atomic mass is 16.2. The van der Waals surface area contributed by atoms with Gasteiger partial charge in [0.05, 0.1) is 12.1 Å². The monoisotopic (exact) mass is 243 g/mol. The first-order valence-corrected chi connectivity index (χ1v) is 5.54. The summed E-state index contributed by atoms with van der Waals surface area (Å²) >= 11 is 0. The predicted molar refractivity (Wildman–Crippen MR) is 67.5 cm³/mol. The van der Waals surface area contributed by atoms with Gasteiger partial charge in [-0.25, -0.2) is 4.68 Å². The molecule has 0 spiro atoms. The zero-order valence-electron chi connectivity index (χ0n) is 9.96.